The standard InChI is InChI=1S/C29H29ClFNO4S/c1-5-36-29(33)24-17-22-16-21(19(3)15-25-26(30)10-7-11-27(25)31)12-13-28(22)32(20(24)4)37(34,35)23-9-6-8-18(2)14-23/h6-16,20,24H,5,17H2,1-4H3/b19-15+/t20-,24-/m1/s1. The van der Waals surface area contributed by atoms with E-state index in [9.17, 15) is 17.6 Å². The third kappa shape index (κ3) is 5.29. The first-order valence-electron chi connectivity index (χ1n) is 12.1. The molecule has 0 amide bonds. The first kappa shape index (κ1) is 26.9. The van der Waals surface area contributed by atoms with Crippen LogP contribution in [-0.4, -0.2) is 27.0 Å². The molecule has 0 fully saturated rings. The molecular formula is C29H29ClFNO4S. The number of anilines is 1. The number of fused-ring (bicyclic) bond motifs is 1. The average Bonchev–Trinajstić information content (AvgIpc) is 2.85. The van der Waals surface area contributed by atoms with E-state index in [-0.39, 0.29) is 17.1 Å². The first-order valence-corrected chi connectivity index (χ1v) is 13.9. The largest absolute Gasteiger partial charge is 0.466 e. The summed E-state index contributed by atoms with van der Waals surface area (Å²) in [7, 11) is -3.98. The lowest BCUT2D eigenvalue weighted by atomic mass is 9.86. The molecule has 3 aromatic rings. The van der Waals surface area contributed by atoms with E-state index in [2.05, 4.69) is 0 Å². The predicted molar refractivity (Wildman–Crippen MR) is 146 cm³/mol. The summed E-state index contributed by atoms with van der Waals surface area (Å²) < 4.78 is 48.8. The number of carbonyl (C=O) groups is 1. The van der Waals surface area contributed by atoms with E-state index in [0.717, 1.165) is 16.7 Å². The Labute approximate surface area is 222 Å². The van der Waals surface area contributed by atoms with Gasteiger partial charge < -0.3 is 4.74 Å². The van der Waals surface area contributed by atoms with Gasteiger partial charge in [0.1, 0.15) is 5.82 Å². The molecule has 4 rings (SSSR count). The minimum absolute atomic E-state index is 0.157. The number of carbonyl (C=O) groups excluding carboxylic acids is 1. The van der Waals surface area contributed by atoms with Crippen molar-refractivity contribution in [2.45, 2.75) is 45.1 Å². The molecule has 1 aliphatic heterocycles. The molecule has 37 heavy (non-hydrogen) atoms. The smallest absolute Gasteiger partial charge is 0.311 e. The van der Waals surface area contributed by atoms with E-state index < -0.39 is 33.8 Å². The Balaban J connectivity index is 1.84. The van der Waals surface area contributed by atoms with Gasteiger partial charge in [0.05, 0.1) is 34.2 Å². The van der Waals surface area contributed by atoms with Gasteiger partial charge in [0.2, 0.25) is 0 Å². The van der Waals surface area contributed by atoms with Crippen molar-refractivity contribution < 1.29 is 22.3 Å². The molecule has 1 heterocycles. The van der Waals surface area contributed by atoms with Crippen LogP contribution in [0.15, 0.2) is 65.6 Å². The van der Waals surface area contributed by atoms with Crippen molar-refractivity contribution in [3.05, 3.63) is 93.8 Å². The summed E-state index contributed by atoms with van der Waals surface area (Å²) in [4.78, 5) is 13.1. The summed E-state index contributed by atoms with van der Waals surface area (Å²) in [5, 5.41) is 0.295. The van der Waals surface area contributed by atoms with Crippen molar-refractivity contribution in [2.24, 2.45) is 5.92 Å². The second-order valence-corrected chi connectivity index (χ2v) is 11.4. The van der Waals surface area contributed by atoms with Crippen LogP contribution in [0.1, 0.15) is 43.0 Å². The molecule has 8 heteroatoms. The Hall–Kier alpha value is -3.16. The van der Waals surface area contributed by atoms with Crippen molar-refractivity contribution in [3.8, 4) is 0 Å². The number of rotatable bonds is 6. The van der Waals surface area contributed by atoms with Gasteiger partial charge in [-0.05, 0) is 98.9 Å². The van der Waals surface area contributed by atoms with Gasteiger partial charge in [0, 0.05) is 5.56 Å². The Morgan fingerprint density at radius 1 is 1.16 bits per heavy atom. The number of hydrogen-bond donors (Lipinski definition) is 0. The fourth-order valence-electron chi connectivity index (χ4n) is 4.72. The Morgan fingerprint density at radius 2 is 1.89 bits per heavy atom. The second kappa shape index (κ2) is 10.7. The number of nitrogens with zero attached hydrogens (tertiary/aromatic N) is 1. The minimum Gasteiger partial charge on any atom is -0.466 e. The molecule has 0 aliphatic carbocycles. The van der Waals surface area contributed by atoms with Crippen LogP contribution in [0.5, 0.6) is 0 Å². The van der Waals surface area contributed by atoms with Crippen molar-refractivity contribution in [2.75, 3.05) is 10.9 Å². The number of ether oxygens (including phenoxy) is 1. The van der Waals surface area contributed by atoms with E-state index in [4.69, 9.17) is 16.3 Å². The lowest BCUT2D eigenvalue weighted by Crippen LogP contribution is -2.49. The summed E-state index contributed by atoms with van der Waals surface area (Å²) in [5.41, 5.74) is 3.81. The van der Waals surface area contributed by atoms with Gasteiger partial charge >= 0.3 is 5.97 Å². The van der Waals surface area contributed by atoms with E-state index >= 15 is 0 Å². The number of sulfonamides is 1. The number of esters is 1. The Morgan fingerprint density at radius 3 is 2.57 bits per heavy atom. The number of aryl methyl sites for hydroxylation is 1. The molecular weight excluding hydrogens is 513 g/mol. The topological polar surface area (TPSA) is 63.7 Å². The highest BCUT2D eigenvalue weighted by Crippen LogP contribution is 2.40. The summed E-state index contributed by atoms with van der Waals surface area (Å²) in [6.45, 7) is 7.32. The van der Waals surface area contributed by atoms with Gasteiger partial charge in [-0.25, -0.2) is 12.8 Å². The van der Waals surface area contributed by atoms with Crippen molar-refractivity contribution >= 4 is 44.9 Å². The summed E-state index contributed by atoms with van der Waals surface area (Å²) >= 11 is 6.21. The van der Waals surface area contributed by atoms with Gasteiger partial charge in [-0.2, -0.15) is 0 Å². The third-order valence-electron chi connectivity index (χ3n) is 6.66. The van der Waals surface area contributed by atoms with E-state index in [0.29, 0.717) is 22.7 Å². The number of allylic oxidation sites excluding steroid dienone is 1. The molecule has 194 valence electrons. The average molecular weight is 542 g/mol. The zero-order valence-electron chi connectivity index (χ0n) is 21.2. The SMILES string of the molecule is CCOC(=O)[C@@H]1Cc2cc(/C(C)=C/c3c(F)cccc3Cl)ccc2N(S(=O)(=O)c2cccc(C)c2)[C@@H]1C. The van der Waals surface area contributed by atoms with E-state index in [1.54, 1.807) is 62.4 Å². The van der Waals surface area contributed by atoms with Crippen LogP contribution >= 0.6 is 11.6 Å². The van der Waals surface area contributed by atoms with Crippen molar-refractivity contribution in [3.63, 3.8) is 0 Å². The molecule has 1 aliphatic rings. The highest BCUT2D eigenvalue weighted by atomic mass is 35.5. The quantitative estimate of drug-likeness (QED) is 0.258. The second-order valence-electron chi connectivity index (χ2n) is 9.23. The molecule has 0 bridgehead atoms. The van der Waals surface area contributed by atoms with Gasteiger partial charge in [-0.15, -0.1) is 0 Å². The van der Waals surface area contributed by atoms with E-state index in [1.807, 2.05) is 26.0 Å². The molecule has 0 saturated heterocycles. The van der Waals surface area contributed by atoms with Gasteiger partial charge in [0.15, 0.2) is 0 Å². The number of benzene rings is 3. The summed E-state index contributed by atoms with van der Waals surface area (Å²) in [6, 6.07) is 16.0. The van der Waals surface area contributed by atoms with Crippen molar-refractivity contribution in [1.29, 1.82) is 0 Å². The fourth-order valence-corrected chi connectivity index (χ4v) is 6.77. The van der Waals surface area contributed by atoms with Crippen LogP contribution in [0.2, 0.25) is 5.02 Å². The maximum absolute atomic E-state index is 14.4. The lowest BCUT2D eigenvalue weighted by molar-refractivity contribution is -0.148. The molecule has 3 aromatic carbocycles. The highest BCUT2D eigenvalue weighted by molar-refractivity contribution is 7.92. The van der Waals surface area contributed by atoms with Crippen LogP contribution < -0.4 is 4.31 Å². The fraction of sp³-hybridized carbons (Fsp3) is 0.276. The zero-order chi connectivity index (χ0) is 26.9. The molecule has 0 saturated carbocycles. The van der Waals surface area contributed by atoms with Crippen LogP contribution in [0, 0.1) is 18.7 Å². The zero-order valence-corrected chi connectivity index (χ0v) is 22.7. The Bertz CT molecular complexity index is 1460. The van der Waals surface area contributed by atoms with Crippen molar-refractivity contribution in [1.82, 2.24) is 0 Å². The van der Waals surface area contributed by atoms with Crippen LogP contribution in [0.25, 0.3) is 11.6 Å². The normalized spacial score (nSPS) is 17.9. The minimum atomic E-state index is -3.98. The molecule has 0 N–H and O–H groups in total. The molecule has 0 unspecified atom stereocenters. The molecule has 0 radical (unpaired) electrons. The maximum atomic E-state index is 14.4. The van der Waals surface area contributed by atoms with Crippen LogP contribution in [0.4, 0.5) is 10.1 Å². The number of halogens is 2. The van der Waals surface area contributed by atoms with E-state index in [1.165, 1.54) is 10.4 Å². The van der Waals surface area contributed by atoms with Gasteiger partial charge in [-0.1, -0.05) is 35.9 Å². The first-order chi connectivity index (χ1) is 17.5. The predicted octanol–water partition coefficient (Wildman–Crippen LogP) is 6.67. The lowest BCUT2D eigenvalue weighted by Gasteiger charge is -2.40. The third-order valence-corrected chi connectivity index (χ3v) is 8.89. The summed E-state index contributed by atoms with van der Waals surface area (Å²) in [6.07, 6.45) is 1.98. The Kier molecular flexibility index (Phi) is 7.76. The molecule has 2 atom stereocenters. The molecule has 0 aromatic heterocycles. The van der Waals surface area contributed by atoms with Gasteiger partial charge in [0.25, 0.3) is 10.0 Å². The highest BCUT2D eigenvalue weighted by Gasteiger charge is 2.42. The monoisotopic (exact) mass is 541 g/mol. The maximum Gasteiger partial charge on any atom is 0.311 e. The molecule has 5 nitrogen and oxygen atoms in total. The van der Waals surface area contributed by atoms with Crippen LogP contribution in [-0.2, 0) is 26.0 Å². The van der Waals surface area contributed by atoms with Gasteiger partial charge in [-0.3, -0.25) is 9.10 Å². The van der Waals surface area contributed by atoms with Crippen LogP contribution in [0.3, 0.4) is 0 Å². The number of hydrogen-bond acceptors (Lipinski definition) is 4. The molecule has 0 spiro atoms. The summed E-state index contributed by atoms with van der Waals surface area (Å²) in [5.74, 6) is -1.56.